The van der Waals surface area contributed by atoms with Crippen LogP contribution in [0.4, 0.5) is 0 Å². The maximum Gasteiger partial charge on any atom is 0.147 e. The highest BCUT2D eigenvalue weighted by atomic mass is 127. The molecule has 0 spiro atoms. The van der Waals surface area contributed by atoms with E-state index in [1.165, 1.54) is 0 Å². The highest BCUT2D eigenvalue weighted by Crippen LogP contribution is 2.51. The molecular formula is C32H27IO2P2. The van der Waals surface area contributed by atoms with E-state index in [1.54, 1.807) is 0 Å². The van der Waals surface area contributed by atoms with Crippen molar-refractivity contribution in [2.45, 2.75) is 12.3 Å². The Labute approximate surface area is 232 Å². The molecule has 0 saturated carbocycles. The summed E-state index contributed by atoms with van der Waals surface area (Å²) < 4.78 is 30.8. The lowest BCUT2D eigenvalue weighted by molar-refractivity contribution is 0.584. The number of hydrogen-bond acceptors (Lipinski definition) is 2. The summed E-state index contributed by atoms with van der Waals surface area (Å²) in [5.74, 6) is 0. The second-order valence-corrected chi connectivity index (χ2v) is 15.8. The first-order valence-electron chi connectivity index (χ1n) is 12.2. The van der Waals surface area contributed by atoms with E-state index in [-0.39, 0.29) is 0 Å². The van der Waals surface area contributed by atoms with Gasteiger partial charge in [0.25, 0.3) is 0 Å². The summed E-state index contributed by atoms with van der Waals surface area (Å²) in [5, 5.41) is 3.34. The molecule has 0 fully saturated rings. The minimum absolute atomic E-state index is 0.372. The molecule has 2 nitrogen and oxygen atoms in total. The summed E-state index contributed by atoms with van der Waals surface area (Å²) in [4.78, 5) is 0. The highest BCUT2D eigenvalue weighted by Gasteiger charge is 2.32. The van der Waals surface area contributed by atoms with Crippen LogP contribution in [0.25, 0.3) is 0 Å². The molecule has 0 aromatic heterocycles. The van der Waals surface area contributed by atoms with Gasteiger partial charge in [0.15, 0.2) is 0 Å². The summed E-state index contributed by atoms with van der Waals surface area (Å²) in [7, 11) is -6.00. The number of hydrogen-bond donors (Lipinski definition) is 0. The van der Waals surface area contributed by atoms with E-state index < -0.39 is 14.3 Å². The van der Waals surface area contributed by atoms with E-state index in [0.717, 1.165) is 35.9 Å². The molecule has 5 aromatic rings. The number of rotatable bonds is 8. The lowest BCUT2D eigenvalue weighted by Gasteiger charge is -2.25. The molecule has 0 aliphatic heterocycles. The van der Waals surface area contributed by atoms with Gasteiger partial charge in [0.05, 0.1) is 0 Å². The predicted octanol–water partition coefficient (Wildman–Crippen LogP) is 7.32. The second kappa shape index (κ2) is 11.4. The van der Waals surface area contributed by atoms with Crippen LogP contribution in [0.15, 0.2) is 140 Å². The second-order valence-electron chi connectivity index (χ2n) is 9.02. The van der Waals surface area contributed by atoms with Crippen molar-refractivity contribution in [3.05, 3.63) is 154 Å². The molecule has 5 rings (SSSR count). The molecule has 0 aliphatic carbocycles. The van der Waals surface area contributed by atoms with Crippen molar-refractivity contribution >= 4 is 58.1 Å². The number of benzene rings is 5. The maximum absolute atomic E-state index is 14.9. The van der Waals surface area contributed by atoms with Crippen LogP contribution in [0.1, 0.15) is 11.1 Å². The van der Waals surface area contributed by atoms with Crippen LogP contribution in [0.5, 0.6) is 0 Å². The molecule has 5 heteroatoms. The van der Waals surface area contributed by atoms with Gasteiger partial charge in [0.2, 0.25) is 0 Å². The van der Waals surface area contributed by atoms with Crippen LogP contribution >= 0.6 is 36.9 Å². The van der Waals surface area contributed by atoms with E-state index in [9.17, 15) is 9.13 Å². The summed E-state index contributed by atoms with van der Waals surface area (Å²) in [6, 6.07) is 45.1. The van der Waals surface area contributed by atoms with Gasteiger partial charge >= 0.3 is 0 Å². The molecule has 0 unspecified atom stereocenters. The van der Waals surface area contributed by atoms with Crippen molar-refractivity contribution in [3.63, 3.8) is 0 Å². The first-order chi connectivity index (χ1) is 18.0. The quantitative estimate of drug-likeness (QED) is 0.133. The van der Waals surface area contributed by atoms with E-state index >= 15 is 0 Å². The van der Waals surface area contributed by atoms with Crippen LogP contribution in [-0.2, 0) is 21.5 Å². The van der Waals surface area contributed by atoms with E-state index in [1.807, 2.05) is 127 Å². The van der Waals surface area contributed by atoms with Crippen molar-refractivity contribution in [3.8, 4) is 0 Å². The van der Waals surface area contributed by atoms with Gasteiger partial charge in [-0.2, -0.15) is 0 Å². The average Bonchev–Trinajstić information content (AvgIpc) is 2.96. The molecule has 5 aromatic carbocycles. The molecule has 0 amide bonds. The van der Waals surface area contributed by atoms with Crippen LogP contribution in [0.2, 0.25) is 0 Å². The molecule has 0 N–H and O–H groups in total. The normalized spacial score (nSPS) is 11.8. The molecule has 0 saturated heterocycles. The third kappa shape index (κ3) is 5.46. The van der Waals surface area contributed by atoms with Gasteiger partial charge in [-0.05, 0) is 39.8 Å². The topological polar surface area (TPSA) is 34.1 Å². The van der Waals surface area contributed by atoms with Crippen LogP contribution < -0.4 is 21.2 Å². The Bertz CT molecular complexity index is 1480. The van der Waals surface area contributed by atoms with Crippen LogP contribution in [-0.4, -0.2) is 0 Å². The summed E-state index contributed by atoms with van der Waals surface area (Å²) in [6.45, 7) is 0. The first-order valence-corrected chi connectivity index (χ1v) is 17.0. The Kier molecular flexibility index (Phi) is 7.95. The fraction of sp³-hybridized carbons (Fsp3) is 0.0625. The Balaban J connectivity index is 1.65. The van der Waals surface area contributed by atoms with Gasteiger partial charge in [-0.15, -0.1) is 0 Å². The molecule has 37 heavy (non-hydrogen) atoms. The largest absolute Gasteiger partial charge is 0.313 e. The Morgan fingerprint density at radius 2 is 0.784 bits per heavy atom. The van der Waals surface area contributed by atoms with E-state index in [4.69, 9.17) is 0 Å². The Morgan fingerprint density at radius 1 is 0.432 bits per heavy atom. The van der Waals surface area contributed by atoms with E-state index in [0.29, 0.717) is 12.3 Å². The summed E-state index contributed by atoms with van der Waals surface area (Å²) in [6.07, 6.45) is 0.746. The molecule has 0 radical (unpaired) electrons. The lowest BCUT2D eigenvalue weighted by atomic mass is 10.1. The van der Waals surface area contributed by atoms with Gasteiger partial charge in [0, 0.05) is 37.1 Å². The Hall–Kier alpha value is -2.71. The third-order valence-corrected chi connectivity index (χ3v) is 13.8. The average molecular weight is 632 g/mol. The highest BCUT2D eigenvalue weighted by molar-refractivity contribution is 14.1. The van der Waals surface area contributed by atoms with Crippen molar-refractivity contribution in [1.82, 2.24) is 0 Å². The minimum Gasteiger partial charge on any atom is -0.313 e. The minimum atomic E-state index is -3.00. The molecule has 184 valence electrons. The van der Waals surface area contributed by atoms with Gasteiger partial charge < -0.3 is 9.13 Å². The van der Waals surface area contributed by atoms with Gasteiger partial charge in [-0.3, -0.25) is 0 Å². The zero-order chi connectivity index (χ0) is 25.7. The van der Waals surface area contributed by atoms with Gasteiger partial charge in [0.1, 0.15) is 14.3 Å². The van der Waals surface area contributed by atoms with Gasteiger partial charge in [-0.1, -0.05) is 133 Å². The van der Waals surface area contributed by atoms with Crippen molar-refractivity contribution in [1.29, 1.82) is 0 Å². The van der Waals surface area contributed by atoms with E-state index in [2.05, 4.69) is 34.7 Å². The molecule has 0 aliphatic rings. The molecular weight excluding hydrogens is 605 g/mol. The molecule has 0 bridgehead atoms. The maximum atomic E-state index is 14.9. The standard InChI is InChI=1S/C32H27IO2P2/c33-32-23-13-14-26(24-36(34,27-15-5-1-6-16-27)28-17-7-2-8-18-28)31(32)25-37(35,29-19-9-3-10-20-29)30-21-11-4-12-22-30/h1-23H,24-25H2. The fourth-order valence-electron chi connectivity index (χ4n) is 4.73. The monoisotopic (exact) mass is 632 g/mol. The zero-order valence-corrected chi connectivity index (χ0v) is 24.2. The Morgan fingerprint density at radius 3 is 1.16 bits per heavy atom. The number of halogens is 1. The predicted molar refractivity (Wildman–Crippen MR) is 166 cm³/mol. The SMILES string of the molecule is O=P(Cc1cccc(I)c1CP(=O)(c1ccccc1)c1ccccc1)(c1ccccc1)c1ccccc1. The van der Waals surface area contributed by atoms with Crippen molar-refractivity contribution in [2.75, 3.05) is 0 Å². The summed E-state index contributed by atoms with van der Waals surface area (Å²) >= 11 is 2.33. The summed E-state index contributed by atoms with van der Waals surface area (Å²) in [5.41, 5.74) is 1.99. The molecule has 0 atom stereocenters. The lowest BCUT2D eigenvalue weighted by Crippen LogP contribution is -2.20. The van der Waals surface area contributed by atoms with Crippen LogP contribution in [0.3, 0.4) is 0 Å². The fourth-order valence-corrected chi connectivity index (χ4v) is 11.3. The van der Waals surface area contributed by atoms with Crippen LogP contribution in [0, 0.1) is 3.57 Å². The smallest absolute Gasteiger partial charge is 0.147 e. The van der Waals surface area contributed by atoms with Crippen molar-refractivity contribution in [2.24, 2.45) is 0 Å². The van der Waals surface area contributed by atoms with Gasteiger partial charge in [-0.25, -0.2) is 0 Å². The van der Waals surface area contributed by atoms with Crippen molar-refractivity contribution < 1.29 is 9.13 Å². The molecule has 0 heterocycles. The first kappa shape index (κ1) is 25.9. The zero-order valence-electron chi connectivity index (χ0n) is 20.3. The third-order valence-electron chi connectivity index (χ3n) is 6.68.